The van der Waals surface area contributed by atoms with E-state index >= 15 is 0 Å². The van der Waals surface area contributed by atoms with Gasteiger partial charge in [0.2, 0.25) is 0 Å². The minimum Gasteiger partial charge on any atom is -0.497 e. The van der Waals surface area contributed by atoms with E-state index in [1.165, 1.54) is 5.39 Å². The molecule has 0 aliphatic carbocycles. The Bertz CT molecular complexity index is 2370. The summed E-state index contributed by atoms with van der Waals surface area (Å²) in [5.74, 6) is 7.99. The maximum atomic E-state index is 13.9. The molecule has 4 heteroatoms. The molecule has 4 nitrogen and oxygen atoms in total. The van der Waals surface area contributed by atoms with E-state index in [1.54, 1.807) is 11.7 Å². The molecular formula is C40H28N2O2. The van der Waals surface area contributed by atoms with Gasteiger partial charge in [-0.25, -0.2) is 4.98 Å². The van der Waals surface area contributed by atoms with Crippen LogP contribution in [0.1, 0.15) is 28.1 Å². The third-order valence-corrected chi connectivity index (χ3v) is 7.84. The number of hydrogen-bond acceptors (Lipinski definition) is 3. The second-order valence-electron chi connectivity index (χ2n) is 10.7. The number of rotatable bonds is 4. The predicted octanol–water partition coefficient (Wildman–Crippen LogP) is 8.58. The van der Waals surface area contributed by atoms with E-state index in [0.29, 0.717) is 16.7 Å². The van der Waals surface area contributed by atoms with Gasteiger partial charge < -0.3 is 4.74 Å². The summed E-state index contributed by atoms with van der Waals surface area (Å²) < 4.78 is 7.04. The molecule has 0 bridgehead atoms. The van der Waals surface area contributed by atoms with Crippen molar-refractivity contribution >= 4 is 44.6 Å². The average Bonchev–Trinajstić information content (AvgIpc) is 3.06. The number of methoxy groups -OCH3 is 1. The molecular weight excluding hydrogens is 540 g/mol. The molecule has 0 unspecified atom stereocenters. The van der Waals surface area contributed by atoms with Gasteiger partial charge in [-0.15, -0.1) is 0 Å². The predicted molar refractivity (Wildman–Crippen MR) is 181 cm³/mol. The fourth-order valence-electron chi connectivity index (χ4n) is 5.53. The number of aryl methyl sites for hydroxylation is 1. The Hall–Kier alpha value is -5.92. The van der Waals surface area contributed by atoms with Gasteiger partial charge in [-0.1, -0.05) is 78.6 Å². The zero-order chi connectivity index (χ0) is 30.0. The van der Waals surface area contributed by atoms with Gasteiger partial charge in [0, 0.05) is 11.1 Å². The summed E-state index contributed by atoms with van der Waals surface area (Å²) >= 11 is 0. The maximum Gasteiger partial charge on any atom is 0.266 e. The molecule has 0 fully saturated rings. The maximum absolute atomic E-state index is 13.9. The molecule has 0 N–H and O–H groups in total. The molecule has 6 aromatic carbocycles. The van der Waals surface area contributed by atoms with Crippen LogP contribution in [0, 0.1) is 18.8 Å². The van der Waals surface area contributed by atoms with Gasteiger partial charge in [0.05, 0.1) is 23.7 Å². The smallest absolute Gasteiger partial charge is 0.266 e. The first-order chi connectivity index (χ1) is 21.6. The van der Waals surface area contributed by atoms with Crippen LogP contribution < -0.4 is 10.3 Å². The molecule has 0 amide bonds. The van der Waals surface area contributed by atoms with Crippen molar-refractivity contribution in [2.45, 2.75) is 6.92 Å². The monoisotopic (exact) mass is 568 g/mol. The summed E-state index contributed by atoms with van der Waals surface area (Å²) in [6.07, 6.45) is 3.93. The Morgan fingerprint density at radius 3 is 2.20 bits per heavy atom. The van der Waals surface area contributed by atoms with E-state index in [-0.39, 0.29) is 5.56 Å². The lowest BCUT2D eigenvalue weighted by Gasteiger charge is -2.14. The fraction of sp³-hybridized carbons (Fsp3) is 0.0500. The van der Waals surface area contributed by atoms with Crippen LogP contribution in [0.2, 0.25) is 0 Å². The van der Waals surface area contributed by atoms with Gasteiger partial charge in [-0.3, -0.25) is 9.36 Å². The van der Waals surface area contributed by atoms with Gasteiger partial charge in [0.1, 0.15) is 11.6 Å². The molecule has 0 spiro atoms. The standard InChI is InChI=1S/C40H28N2O2/c1-27-23-28(11-12-29-14-18-34-26-35(44-2)20-19-33(34)25-29)15-21-38(27)42-39(41-37-10-6-5-9-36(37)40(42)43)22-16-30-13-17-31-7-3-4-8-32(31)24-30/h3-10,13-26H,1-2H3. The fourth-order valence-corrected chi connectivity index (χ4v) is 5.53. The summed E-state index contributed by atoms with van der Waals surface area (Å²) in [7, 11) is 1.67. The summed E-state index contributed by atoms with van der Waals surface area (Å²) in [5.41, 5.74) is 5.10. The summed E-state index contributed by atoms with van der Waals surface area (Å²) in [6, 6.07) is 40.2. The van der Waals surface area contributed by atoms with E-state index in [4.69, 9.17) is 9.72 Å². The lowest BCUT2D eigenvalue weighted by atomic mass is 10.1. The number of para-hydroxylation sites is 1. The van der Waals surface area contributed by atoms with Crippen molar-refractivity contribution in [3.8, 4) is 23.3 Å². The SMILES string of the molecule is COc1ccc2cc(C#Cc3ccc(-n4c(C=Cc5ccc6ccccc6c5)nc5ccccc5c4=O)c(C)c3)ccc2c1. The van der Waals surface area contributed by atoms with Crippen LogP contribution in [-0.2, 0) is 0 Å². The molecule has 44 heavy (non-hydrogen) atoms. The molecule has 7 aromatic rings. The summed E-state index contributed by atoms with van der Waals surface area (Å²) in [4.78, 5) is 18.8. The third-order valence-electron chi connectivity index (χ3n) is 7.84. The molecule has 1 heterocycles. The second-order valence-corrected chi connectivity index (χ2v) is 10.7. The number of ether oxygens (including phenoxy) is 1. The zero-order valence-corrected chi connectivity index (χ0v) is 24.4. The average molecular weight is 569 g/mol. The van der Waals surface area contributed by atoms with Crippen LogP contribution in [0.15, 0.2) is 126 Å². The third kappa shape index (κ3) is 5.24. The van der Waals surface area contributed by atoms with E-state index in [0.717, 1.165) is 49.8 Å². The van der Waals surface area contributed by atoms with Crippen LogP contribution in [0.4, 0.5) is 0 Å². The second kappa shape index (κ2) is 11.4. The van der Waals surface area contributed by atoms with Crippen molar-refractivity contribution in [1.82, 2.24) is 9.55 Å². The highest BCUT2D eigenvalue weighted by Crippen LogP contribution is 2.23. The van der Waals surface area contributed by atoms with Gasteiger partial charge in [0.15, 0.2) is 0 Å². The van der Waals surface area contributed by atoms with Crippen LogP contribution in [0.25, 0.3) is 50.3 Å². The molecule has 7 rings (SSSR count). The van der Waals surface area contributed by atoms with Crippen LogP contribution in [-0.4, -0.2) is 16.7 Å². The first kappa shape index (κ1) is 26.9. The normalized spacial score (nSPS) is 11.2. The van der Waals surface area contributed by atoms with Gasteiger partial charge in [-0.2, -0.15) is 0 Å². The number of fused-ring (bicyclic) bond motifs is 3. The summed E-state index contributed by atoms with van der Waals surface area (Å²) in [5, 5.41) is 5.14. The highest BCUT2D eigenvalue weighted by molar-refractivity contribution is 5.87. The molecule has 1 aromatic heterocycles. The van der Waals surface area contributed by atoms with E-state index in [2.05, 4.69) is 54.3 Å². The lowest BCUT2D eigenvalue weighted by Crippen LogP contribution is -2.23. The van der Waals surface area contributed by atoms with Crippen LogP contribution in [0.3, 0.4) is 0 Å². The molecule has 0 aliphatic heterocycles. The van der Waals surface area contributed by atoms with Crippen molar-refractivity contribution in [3.63, 3.8) is 0 Å². The highest BCUT2D eigenvalue weighted by Gasteiger charge is 2.13. The van der Waals surface area contributed by atoms with Gasteiger partial charge in [-0.05, 0) is 106 Å². The van der Waals surface area contributed by atoms with Crippen molar-refractivity contribution in [2.75, 3.05) is 7.11 Å². The van der Waals surface area contributed by atoms with E-state index in [1.807, 2.05) is 97.9 Å². The molecule has 0 saturated carbocycles. The van der Waals surface area contributed by atoms with Crippen molar-refractivity contribution in [3.05, 3.63) is 160 Å². The van der Waals surface area contributed by atoms with Crippen molar-refractivity contribution in [2.24, 2.45) is 0 Å². The number of nitrogens with zero attached hydrogens (tertiary/aromatic N) is 2. The molecule has 0 aliphatic rings. The number of aromatic nitrogens is 2. The molecule has 0 radical (unpaired) electrons. The Morgan fingerprint density at radius 2 is 1.36 bits per heavy atom. The number of hydrogen-bond donors (Lipinski definition) is 0. The molecule has 0 atom stereocenters. The van der Waals surface area contributed by atoms with Crippen molar-refractivity contribution in [1.29, 1.82) is 0 Å². The topological polar surface area (TPSA) is 44.1 Å². The van der Waals surface area contributed by atoms with E-state index < -0.39 is 0 Å². The first-order valence-corrected chi connectivity index (χ1v) is 14.5. The van der Waals surface area contributed by atoms with Crippen LogP contribution >= 0.6 is 0 Å². The Morgan fingerprint density at radius 1 is 0.682 bits per heavy atom. The van der Waals surface area contributed by atoms with Gasteiger partial charge in [0.25, 0.3) is 5.56 Å². The summed E-state index contributed by atoms with van der Waals surface area (Å²) in [6.45, 7) is 2.00. The minimum absolute atomic E-state index is 0.108. The first-order valence-electron chi connectivity index (χ1n) is 14.5. The van der Waals surface area contributed by atoms with E-state index in [9.17, 15) is 4.79 Å². The molecule has 210 valence electrons. The van der Waals surface area contributed by atoms with Crippen LogP contribution in [0.5, 0.6) is 5.75 Å². The Kier molecular flexibility index (Phi) is 6.98. The van der Waals surface area contributed by atoms with Crippen molar-refractivity contribution < 1.29 is 4.74 Å². The molecule has 0 saturated heterocycles. The van der Waals surface area contributed by atoms with Gasteiger partial charge >= 0.3 is 0 Å². The highest BCUT2D eigenvalue weighted by atomic mass is 16.5. The largest absolute Gasteiger partial charge is 0.497 e. The minimum atomic E-state index is -0.108. The lowest BCUT2D eigenvalue weighted by molar-refractivity contribution is 0.415. The Labute approximate surface area is 255 Å². The number of benzene rings is 6. The zero-order valence-electron chi connectivity index (χ0n) is 24.4. The quantitative estimate of drug-likeness (QED) is 0.200. The Balaban J connectivity index is 1.26.